The third-order valence-electron chi connectivity index (χ3n) is 3.42. The number of hydrogen-bond acceptors (Lipinski definition) is 3. The molecular weight excluding hydrogens is 214 g/mol. The third-order valence-corrected chi connectivity index (χ3v) is 3.42. The number of carbonyl (C=O) groups is 1. The van der Waals surface area contributed by atoms with Crippen molar-refractivity contribution >= 4 is 5.91 Å². The van der Waals surface area contributed by atoms with Crippen molar-refractivity contribution < 1.29 is 4.79 Å². The van der Waals surface area contributed by atoms with Crippen LogP contribution in [0.2, 0.25) is 0 Å². The molecule has 2 N–H and O–H groups in total. The van der Waals surface area contributed by atoms with Gasteiger partial charge in [-0.05, 0) is 46.2 Å². The van der Waals surface area contributed by atoms with Crippen molar-refractivity contribution in [2.75, 3.05) is 27.2 Å². The van der Waals surface area contributed by atoms with E-state index in [0.717, 1.165) is 38.6 Å². The topological polar surface area (TPSA) is 49.6 Å². The van der Waals surface area contributed by atoms with E-state index in [1.165, 1.54) is 0 Å². The van der Waals surface area contributed by atoms with Gasteiger partial charge in [0.2, 0.25) is 5.91 Å². The van der Waals surface area contributed by atoms with Crippen molar-refractivity contribution in [3.05, 3.63) is 0 Å². The lowest BCUT2D eigenvalue weighted by Gasteiger charge is -2.36. The minimum atomic E-state index is 0.261. The van der Waals surface area contributed by atoms with Gasteiger partial charge in [0.25, 0.3) is 0 Å². The molecule has 0 heterocycles. The van der Waals surface area contributed by atoms with E-state index in [1.54, 1.807) is 0 Å². The van der Waals surface area contributed by atoms with Crippen LogP contribution in [0.4, 0.5) is 0 Å². The Morgan fingerprint density at radius 3 is 2.29 bits per heavy atom. The molecule has 0 aliphatic heterocycles. The molecule has 4 nitrogen and oxygen atoms in total. The third kappa shape index (κ3) is 4.64. The van der Waals surface area contributed by atoms with Crippen LogP contribution >= 0.6 is 0 Å². The first kappa shape index (κ1) is 14.5. The summed E-state index contributed by atoms with van der Waals surface area (Å²) in [5, 5.41) is 0. The average Bonchev–Trinajstić information content (AvgIpc) is 2.26. The molecule has 100 valence electrons. The Balaban J connectivity index is 2.55. The molecule has 0 spiro atoms. The Morgan fingerprint density at radius 2 is 1.82 bits per heavy atom. The molecule has 1 aliphatic carbocycles. The molecule has 0 atom stereocenters. The van der Waals surface area contributed by atoms with Crippen LogP contribution in [0.3, 0.4) is 0 Å². The lowest BCUT2D eigenvalue weighted by Crippen LogP contribution is -2.47. The molecule has 1 aliphatic rings. The number of carbonyl (C=O) groups excluding carboxylic acids is 1. The summed E-state index contributed by atoms with van der Waals surface area (Å²) >= 11 is 0. The maximum atomic E-state index is 12.2. The summed E-state index contributed by atoms with van der Waals surface area (Å²) in [5.74, 6) is 0.261. The Kier molecular flexibility index (Phi) is 5.92. The average molecular weight is 241 g/mol. The van der Waals surface area contributed by atoms with Gasteiger partial charge in [-0.25, -0.2) is 0 Å². The standard InChI is InChI=1S/C13H27N3O/c1-4-9-16(13(17)10-15(2)3)12-7-5-11(14)6-8-12/h11-12H,4-10,14H2,1-3H3. The Bertz CT molecular complexity index is 235. The van der Waals surface area contributed by atoms with Gasteiger partial charge in [-0.15, -0.1) is 0 Å². The molecule has 0 aromatic carbocycles. The second kappa shape index (κ2) is 6.97. The normalized spacial score (nSPS) is 25.0. The van der Waals surface area contributed by atoms with E-state index in [2.05, 4.69) is 11.8 Å². The van der Waals surface area contributed by atoms with Crippen LogP contribution in [0.5, 0.6) is 0 Å². The van der Waals surface area contributed by atoms with Crippen molar-refractivity contribution in [1.29, 1.82) is 0 Å². The quantitative estimate of drug-likeness (QED) is 0.783. The fraction of sp³-hybridized carbons (Fsp3) is 0.923. The zero-order valence-corrected chi connectivity index (χ0v) is 11.5. The number of likely N-dealkylation sites (N-methyl/N-ethyl adjacent to an activating group) is 1. The first-order chi connectivity index (χ1) is 8.04. The van der Waals surface area contributed by atoms with Crippen LogP contribution in [0.1, 0.15) is 39.0 Å². The molecule has 0 aromatic rings. The van der Waals surface area contributed by atoms with Crippen molar-refractivity contribution in [3.8, 4) is 0 Å². The van der Waals surface area contributed by atoms with Gasteiger partial charge in [0.05, 0.1) is 6.54 Å². The van der Waals surface area contributed by atoms with E-state index >= 15 is 0 Å². The van der Waals surface area contributed by atoms with Crippen molar-refractivity contribution in [2.24, 2.45) is 5.73 Å². The zero-order chi connectivity index (χ0) is 12.8. The smallest absolute Gasteiger partial charge is 0.236 e. The zero-order valence-electron chi connectivity index (χ0n) is 11.5. The molecule has 4 heteroatoms. The van der Waals surface area contributed by atoms with Gasteiger partial charge in [0.15, 0.2) is 0 Å². The van der Waals surface area contributed by atoms with E-state index in [-0.39, 0.29) is 5.91 Å². The lowest BCUT2D eigenvalue weighted by atomic mass is 9.90. The summed E-state index contributed by atoms with van der Waals surface area (Å²) in [4.78, 5) is 16.2. The largest absolute Gasteiger partial charge is 0.339 e. The number of hydrogen-bond donors (Lipinski definition) is 1. The fourth-order valence-corrected chi connectivity index (χ4v) is 2.53. The lowest BCUT2D eigenvalue weighted by molar-refractivity contribution is -0.135. The molecule has 0 radical (unpaired) electrons. The van der Waals surface area contributed by atoms with Crippen molar-refractivity contribution in [1.82, 2.24) is 9.80 Å². The first-order valence-corrected chi connectivity index (χ1v) is 6.74. The summed E-state index contributed by atoms with van der Waals surface area (Å²) in [5.41, 5.74) is 5.92. The van der Waals surface area contributed by atoms with Gasteiger partial charge in [0.1, 0.15) is 0 Å². The van der Waals surface area contributed by atoms with E-state index in [1.807, 2.05) is 19.0 Å². The van der Waals surface area contributed by atoms with Gasteiger partial charge in [-0.2, -0.15) is 0 Å². The summed E-state index contributed by atoms with van der Waals surface area (Å²) in [6, 6.07) is 0.765. The van der Waals surface area contributed by atoms with Crippen LogP contribution in [0.15, 0.2) is 0 Å². The minimum absolute atomic E-state index is 0.261. The Morgan fingerprint density at radius 1 is 1.24 bits per heavy atom. The molecule has 0 saturated heterocycles. The van der Waals surface area contributed by atoms with E-state index < -0.39 is 0 Å². The van der Waals surface area contributed by atoms with Crippen LogP contribution < -0.4 is 5.73 Å². The monoisotopic (exact) mass is 241 g/mol. The first-order valence-electron chi connectivity index (χ1n) is 6.74. The van der Waals surface area contributed by atoms with Crippen LogP contribution in [0, 0.1) is 0 Å². The van der Waals surface area contributed by atoms with Gasteiger partial charge in [-0.1, -0.05) is 6.92 Å². The maximum Gasteiger partial charge on any atom is 0.236 e. The highest BCUT2D eigenvalue weighted by atomic mass is 16.2. The van der Waals surface area contributed by atoms with Gasteiger partial charge in [0, 0.05) is 18.6 Å². The Labute approximate surface area is 105 Å². The number of nitrogens with two attached hydrogens (primary N) is 1. The number of amides is 1. The minimum Gasteiger partial charge on any atom is -0.339 e. The highest BCUT2D eigenvalue weighted by Gasteiger charge is 2.27. The molecule has 1 fully saturated rings. The Hall–Kier alpha value is -0.610. The number of nitrogens with zero attached hydrogens (tertiary/aromatic N) is 2. The van der Waals surface area contributed by atoms with Crippen LogP contribution in [-0.4, -0.2) is 55.0 Å². The van der Waals surface area contributed by atoms with E-state index in [9.17, 15) is 4.79 Å². The number of rotatable bonds is 5. The van der Waals surface area contributed by atoms with Gasteiger partial charge < -0.3 is 15.5 Å². The highest BCUT2D eigenvalue weighted by molar-refractivity contribution is 5.78. The summed E-state index contributed by atoms with van der Waals surface area (Å²) in [7, 11) is 3.89. The molecule has 1 amide bonds. The van der Waals surface area contributed by atoms with E-state index in [0.29, 0.717) is 18.6 Å². The second-order valence-corrected chi connectivity index (χ2v) is 5.39. The van der Waals surface area contributed by atoms with Gasteiger partial charge >= 0.3 is 0 Å². The predicted octanol–water partition coefficient (Wildman–Crippen LogP) is 1.06. The van der Waals surface area contributed by atoms with Crippen LogP contribution in [-0.2, 0) is 4.79 Å². The molecule has 0 bridgehead atoms. The fourth-order valence-electron chi connectivity index (χ4n) is 2.53. The molecule has 0 aromatic heterocycles. The van der Waals surface area contributed by atoms with Crippen molar-refractivity contribution in [2.45, 2.75) is 51.1 Å². The second-order valence-electron chi connectivity index (χ2n) is 5.39. The van der Waals surface area contributed by atoms with E-state index in [4.69, 9.17) is 5.73 Å². The summed E-state index contributed by atoms with van der Waals surface area (Å²) < 4.78 is 0. The molecule has 0 unspecified atom stereocenters. The molecule has 17 heavy (non-hydrogen) atoms. The van der Waals surface area contributed by atoms with Gasteiger partial charge in [-0.3, -0.25) is 4.79 Å². The van der Waals surface area contributed by atoms with Crippen molar-refractivity contribution in [3.63, 3.8) is 0 Å². The summed E-state index contributed by atoms with van der Waals surface area (Å²) in [6.45, 7) is 3.53. The SMILES string of the molecule is CCCN(C(=O)CN(C)C)C1CCC(N)CC1. The molecule has 1 rings (SSSR count). The summed E-state index contributed by atoms with van der Waals surface area (Å²) in [6.07, 6.45) is 5.28. The van der Waals surface area contributed by atoms with Crippen LogP contribution in [0.25, 0.3) is 0 Å². The molecule has 1 saturated carbocycles. The molecular formula is C13H27N3O. The highest BCUT2D eigenvalue weighted by Crippen LogP contribution is 2.22. The predicted molar refractivity (Wildman–Crippen MR) is 70.8 cm³/mol. The maximum absolute atomic E-state index is 12.2.